The minimum Gasteiger partial charge on any atom is -0.475 e. The molecule has 4 heterocycles. The second-order valence-electron chi connectivity index (χ2n) is 9.87. The summed E-state index contributed by atoms with van der Waals surface area (Å²) in [6.07, 6.45) is -1.73. The number of fused-ring (bicyclic) bond motifs is 1. The molecule has 1 aromatic rings. The maximum Gasteiger partial charge on any atom is 0.490 e. The Balaban J connectivity index is 0.000000406. The molecule has 3 saturated heterocycles. The molecule has 190 valence electrons. The van der Waals surface area contributed by atoms with Crippen molar-refractivity contribution in [3.05, 3.63) is 22.4 Å². The minimum absolute atomic E-state index is 0.0299. The van der Waals surface area contributed by atoms with Crippen molar-refractivity contribution < 1.29 is 32.7 Å². The molecule has 0 bridgehead atoms. The van der Waals surface area contributed by atoms with Crippen LogP contribution in [0, 0.1) is 16.7 Å². The van der Waals surface area contributed by atoms with E-state index in [0.29, 0.717) is 12.3 Å². The van der Waals surface area contributed by atoms with Gasteiger partial charge >= 0.3 is 12.1 Å². The van der Waals surface area contributed by atoms with Gasteiger partial charge < -0.3 is 20.2 Å². The van der Waals surface area contributed by atoms with Gasteiger partial charge in [0.1, 0.15) is 0 Å². The van der Waals surface area contributed by atoms with Crippen LogP contribution in [0.1, 0.15) is 38.0 Å². The molecule has 1 atom stereocenters. The fraction of sp³-hybridized carbons (Fsp3) is 0.696. The number of carbonyl (C=O) groups is 3. The zero-order chi connectivity index (χ0) is 25.1. The van der Waals surface area contributed by atoms with E-state index in [1.807, 2.05) is 22.4 Å². The maximum absolute atomic E-state index is 12.9. The monoisotopic (exact) mass is 503 g/mol. The number of thiophene rings is 1. The average Bonchev–Trinajstić information content (AvgIpc) is 3.44. The highest BCUT2D eigenvalue weighted by atomic mass is 32.1. The van der Waals surface area contributed by atoms with Crippen molar-refractivity contribution in [1.29, 1.82) is 0 Å². The Morgan fingerprint density at radius 1 is 1.21 bits per heavy atom. The van der Waals surface area contributed by atoms with Gasteiger partial charge in [-0.1, -0.05) is 19.9 Å². The van der Waals surface area contributed by atoms with Crippen LogP contribution in [-0.4, -0.2) is 78.1 Å². The molecule has 0 aliphatic carbocycles. The van der Waals surface area contributed by atoms with E-state index in [0.717, 1.165) is 63.4 Å². The number of carbonyl (C=O) groups excluding carboxylic acids is 2. The van der Waals surface area contributed by atoms with Gasteiger partial charge in [-0.15, -0.1) is 11.3 Å². The Bertz CT molecular complexity index is 883. The second kappa shape index (κ2) is 10.2. The van der Waals surface area contributed by atoms with Crippen molar-refractivity contribution in [1.82, 2.24) is 15.1 Å². The molecular formula is C23H32F3N3O4S. The van der Waals surface area contributed by atoms with Crippen LogP contribution in [0.25, 0.3) is 0 Å². The lowest BCUT2D eigenvalue weighted by Gasteiger charge is -2.46. The molecule has 3 fully saturated rings. The molecule has 0 radical (unpaired) electrons. The van der Waals surface area contributed by atoms with Crippen LogP contribution in [-0.2, 0) is 20.8 Å². The number of alkyl halides is 3. The van der Waals surface area contributed by atoms with Gasteiger partial charge in [0.05, 0.1) is 11.8 Å². The first kappa shape index (κ1) is 26.5. The molecule has 0 saturated carbocycles. The van der Waals surface area contributed by atoms with Gasteiger partial charge in [-0.2, -0.15) is 13.2 Å². The summed E-state index contributed by atoms with van der Waals surface area (Å²) in [5.41, 5.74) is -0.215. The summed E-state index contributed by atoms with van der Waals surface area (Å²) in [6.45, 7) is 9.82. The molecule has 1 aromatic heterocycles. The number of hydrogen-bond acceptors (Lipinski definition) is 5. The summed E-state index contributed by atoms with van der Waals surface area (Å²) in [4.78, 5) is 40.2. The molecule has 2 N–H and O–H groups in total. The zero-order valence-electron chi connectivity index (χ0n) is 19.5. The first-order valence-electron chi connectivity index (χ1n) is 11.5. The van der Waals surface area contributed by atoms with E-state index in [4.69, 9.17) is 9.90 Å². The number of carboxylic acids is 1. The number of hydrogen-bond donors (Lipinski definition) is 2. The van der Waals surface area contributed by atoms with E-state index >= 15 is 0 Å². The summed E-state index contributed by atoms with van der Waals surface area (Å²) >= 11 is 1.65. The van der Waals surface area contributed by atoms with Gasteiger partial charge in [-0.05, 0) is 36.6 Å². The van der Waals surface area contributed by atoms with E-state index in [-0.39, 0.29) is 22.6 Å². The molecule has 2 spiro atoms. The molecule has 34 heavy (non-hydrogen) atoms. The molecule has 11 heteroatoms. The average molecular weight is 504 g/mol. The molecule has 2 amide bonds. The number of likely N-dealkylation sites (tertiary alicyclic amines) is 2. The van der Waals surface area contributed by atoms with Crippen LogP contribution in [0.15, 0.2) is 17.5 Å². The zero-order valence-corrected chi connectivity index (χ0v) is 20.3. The Morgan fingerprint density at radius 3 is 2.32 bits per heavy atom. The predicted octanol–water partition coefficient (Wildman–Crippen LogP) is 3.01. The SMILES string of the molecule is CC(C)CN1CC2(CCN(C(=O)Cc3cccs3)CC2)C2(CCNC2=O)C1.O=C(O)C(F)(F)F. The minimum atomic E-state index is -5.08. The third kappa shape index (κ3) is 5.56. The summed E-state index contributed by atoms with van der Waals surface area (Å²) in [7, 11) is 0. The third-order valence-corrected chi connectivity index (χ3v) is 8.03. The van der Waals surface area contributed by atoms with Crippen molar-refractivity contribution in [3.8, 4) is 0 Å². The van der Waals surface area contributed by atoms with E-state index in [1.165, 1.54) is 0 Å². The standard InChI is InChI=1S/C21H31N3O2S.C2HF3O2/c1-16(2)13-23-14-20(21(15-23)5-8-22-19(21)26)6-9-24(10-7-20)18(25)12-17-4-3-11-27-17;3-2(4,5)1(6)7/h3-4,11,16H,5-10,12-15H2,1-2H3,(H,22,26);(H,6,7). The number of amides is 2. The summed E-state index contributed by atoms with van der Waals surface area (Å²) in [6, 6.07) is 4.04. The van der Waals surface area contributed by atoms with Gasteiger partial charge in [0.2, 0.25) is 11.8 Å². The highest BCUT2D eigenvalue weighted by Gasteiger charge is 2.63. The molecular weight excluding hydrogens is 471 g/mol. The van der Waals surface area contributed by atoms with Crippen LogP contribution in [0.2, 0.25) is 0 Å². The van der Waals surface area contributed by atoms with Crippen LogP contribution >= 0.6 is 11.3 Å². The molecule has 0 aromatic carbocycles. The van der Waals surface area contributed by atoms with E-state index in [1.54, 1.807) is 11.3 Å². The Kier molecular flexibility index (Phi) is 7.96. The van der Waals surface area contributed by atoms with Crippen molar-refractivity contribution >= 4 is 29.1 Å². The number of rotatable bonds is 4. The van der Waals surface area contributed by atoms with E-state index < -0.39 is 12.1 Å². The summed E-state index contributed by atoms with van der Waals surface area (Å²) in [5.74, 6) is -1.66. The summed E-state index contributed by atoms with van der Waals surface area (Å²) in [5, 5.41) is 12.3. The van der Waals surface area contributed by atoms with Crippen LogP contribution in [0.4, 0.5) is 13.2 Å². The highest BCUT2D eigenvalue weighted by molar-refractivity contribution is 7.10. The first-order chi connectivity index (χ1) is 15.9. The van der Waals surface area contributed by atoms with Gasteiger partial charge in [-0.25, -0.2) is 4.79 Å². The lowest BCUT2D eigenvalue weighted by atomic mass is 9.60. The smallest absolute Gasteiger partial charge is 0.475 e. The second-order valence-corrected chi connectivity index (χ2v) is 10.9. The van der Waals surface area contributed by atoms with Crippen molar-refractivity contribution in [2.24, 2.45) is 16.7 Å². The molecule has 3 aliphatic heterocycles. The largest absolute Gasteiger partial charge is 0.490 e. The van der Waals surface area contributed by atoms with Crippen molar-refractivity contribution in [2.75, 3.05) is 39.3 Å². The topological polar surface area (TPSA) is 90.0 Å². The number of nitrogens with zero attached hydrogens (tertiary/aromatic N) is 2. The number of carboxylic acid groups (broad SMARTS) is 1. The summed E-state index contributed by atoms with van der Waals surface area (Å²) < 4.78 is 31.7. The molecule has 7 nitrogen and oxygen atoms in total. The van der Waals surface area contributed by atoms with Crippen LogP contribution in [0.5, 0.6) is 0 Å². The van der Waals surface area contributed by atoms with Gasteiger partial charge in [0.25, 0.3) is 0 Å². The highest BCUT2D eigenvalue weighted by Crippen LogP contribution is 2.56. The third-order valence-electron chi connectivity index (χ3n) is 7.15. The quantitative estimate of drug-likeness (QED) is 0.660. The lowest BCUT2D eigenvalue weighted by Crippen LogP contribution is -2.53. The number of halogens is 3. The lowest BCUT2D eigenvalue weighted by molar-refractivity contribution is -0.192. The van der Waals surface area contributed by atoms with Crippen molar-refractivity contribution in [3.63, 3.8) is 0 Å². The number of aliphatic carboxylic acids is 1. The predicted molar refractivity (Wildman–Crippen MR) is 121 cm³/mol. The Labute approximate surface area is 201 Å². The maximum atomic E-state index is 12.9. The fourth-order valence-corrected chi connectivity index (χ4v) is 6.35. The van der Waals surface area contributed by atoms with Crippen molar-refractivity contribution in [2.45, 2.75) is 45.7 Å². The van der Waals surface area contributed by atoms with Gasteiger partial charge in [0, 0.05) is 49.6 Å². The number of nitrogens with one attached hydrogen (secondary N) is 1. The van der Waals surface area contributed by atoms with Gasteiger partial charge in [0.15, 0.2) is 0 Å². The Morgan fingerprint density at radius 2 is 1.85 bits per heavy atom. The normalized spacial score (nSPS) is 24.4. The Hall–Kier alpha value is -2.14. The molecule has 4 rings (SSSR count). The number of piperidine rings is 1. The molecule has 3 aliphatic rings. The van der Waals surface area contributed by atoms with E-state index in [2.05, 4.69) is 24.1 Å². The van der Waals surface area contributed by atoms with Gasteiger partial charge in [-0.3, -0.25) is 9.59 Å². The molecule has 1 unspecified atom stereocenters. The first-order valence-corrected chi connectivity index (χ1v) is 12.4. The van der Waals surface area contributed by atoms with E-state index in [9.17, 15) is 22.8 Å². The fourth-order valence-electron chi connectivity index (χ4n) is 5.65. The van der Waals surface area contributed by atoms with Crippen LogP contribution in [0.3, 0.4) is 0 Å². The van der Waals surface area contributed by atoms with Crippen LogP contribution < -0.4 is 5.32 Å².